The minimum Gasteiger partial charge on any atom is -0.508 e. The van der Waals surface area contributed by atoms with Gasteiger partial charge in [-0.3, -0.25) is 4.79 Å². The van der Waals surface area contributed by atoms with E-state index in [1.165, 1.54) is 25.1 Å². The van der Waals surface area contributed by atoms with Gasteiger partial charge in [0.2, 0.25) is 0 Å². The first-order chi connectivity index (χ1) is 6.08. The van der Waals surface area contributed by atoms with E-state index in [0.717, 1.165) is 0 Å². The number of hydrogen-bond donors (Lipinski definition) is 3. The van der Waals surface area contributed by atoms with Crippen LogP contribution in [0, 0.1) is 0 Å². The molecule has 1 aromatic carbocycles. The van der Waals surface area contributed by atoms with Crippen molar-refractivity contribution in [2.24, 2.45) is 0 Å². The average Bonchev–Trinajstić information content (AvgIpc) is 1.99. The summed E-state index contributed by atoms with van der Waals surface area (Å²) in [6.45, 7) is 1.23. The van der Waals surface area contributed by atoms with Gasteiger partial charge in [-0.2, -0.15) is 0 Å². The summed E-state index contributed by atoms with van der Waals surface area (Å²) >= 11 is 0. The van der Waals surface area contributed by atoms with Crippen LogP contribution in [0.15, 0.2) is 18.2 Å². The number of phenolic OH excluding ortho intramolecular Hbond substituents is 2. The molecule has 0 aromatic heterocycles. The molecule has 1 rings (SSSR count). The second kappa shape index (κ2) is 3.66. The zero-order valence-corrected chi connectivity index (χ0v) is 6.94. The molecule has 0 unspecified atom stereocenters. The number of anilines is 1. The van der Waals surface area contributed by atoms with Crippen LogP contribution in [0.2, 0.25) is 0 Å². The number of hydrogen-bond acceptors (Lipinski definition) is 5. The number of nitrogens with one attached hydrogen (secondary N) is 1. The summed E-state index contributed by atoms with van der Waals surface area (Å²) in [6.07, 6.45) is 0. The normalized spacial score (nSPS) is 9.31. The van der Waals surface area contributed by atoms with Crippen molar-refractivity contribution in [2.45, 2.75) is 6.92 Å². The van der Waals surface area contributed by atoms with Gasteiger partial charge in [-0.15, -0.1) is 0 Å². The predicted molar refractivity (Wildman–Crippen MR) is 45.2 cm³/mol. The van der Waals surface area contributed by atoms with Gasteiger partial charge in [-0.25, -0.2) is 5.48 Å². The van der Waals surface area contributed by atoms with Crippen LogP contribution in [0.5, 0.6) is 11.5 Å². The fourth-order valence-electron chi connectivity index (χ4n) is 0.785. The summed E-state index contributed by atoms with van der Waals surface area (Å²) in [5.41, 5.74) is 2.56. The monoisotopic (exact) mass is 183 g/mol. The van der Waals surface area contributed by atoms with E-state index in [0.29, 0.717) is 5.69 Å². The first-order valence-electron chi connectivity index (χ1n) is 3.54. The fourth-order valence-corrected chi connectivity index (χ4v) is 0.785. The summed E-state index contributed by atoms with van der Waals surface area (Å²) in [5, 5.41) is 18.0. The van der Waals surface area contributed by atoms with Crippen molar-refractivity contribution in [3.63, 3.8) is 0 Å². The van der Waals surface area contributed by atoms with Crippen molar-refractivity contribution >= 4 is 11.7 Å². The zero-order chi connectivity index (χ0) is 9.84. The molecular weight excluding hydrogens is 174 g/mol. The number of phenols is 2. The van der Waals surface area contributed by atoms with Crippen LogP contribution in [-0.2, 0) is 9.63 Å². The highest BCUT2D eigenvalue weighted by Gasteiger charge is 1.99. The summed E-state index contributed by atoms with van der Waals surface area (Å²) in [5.74, 6) is -0.743. The molecule has 0 saturated heterocycles. The number of rotatable bonds is 2. The molecule has 1 aromatic rings. The molecule has 0 aliphatic heterocycles. The molecule has 0 spiro atoms. The lowest BCUT2D eigenvalue weighted by Gasteiger charge is -2.05. The maximum absolute atomic E-state index is 10.4. The van der Waals surface area contributed by atoms with Crippen LogP contribution in [0.1, 0.15) is 6.92 Å². The average molecular weight is 183 g/mol. The zero-order valence-electron chi connectivity index (χ0n) is 6.94. The minimum atomic E-state index is -0.511. The van der Waals surface area contributed by atoms with Gasteiger partial charge in [0.1, 0.15) is 11.5 Å². The molecule has 13 heavy (non-hydrogen) atoms. The summed E-state index contributed by atoms with van der Waals surface area (Å²) in [7, 11) is 0. The third-order valence-corrected chi connectivity index (χ3v) is 1.22. The molecule has 0 fully saturated rings. The van der Waals surface area contributed by atoms with Crippen molar-refractivity contribution in [3.8, 4) is 11.5 Å². The second-order valence-corrected chi connectivity index (χ2v) is 2.43. The quantitative estimate of drug-likeness (QED) is 0.596. The number of carbonyl (C=O) groups is 1. The van der Waals surface area contributed by atoms with Gasteiger partial charge in [-0.05, 0) is 0 Å². The topological polar surface area (TPSA) is 78.8 Å². The molecule has 0 aliphatic carbocycles. The maximum atomic E-state index is 10.4. The van der Waals surface area contributed by atoms with E-state index in [4.69, 9.17) is 10.2 Å². The predicted octanol–water partition coefficient (Wildman–Crippen LogP) is 0.988. The SMILES string of the molecule is CC(=O)ONc1cc(O)cc(O)c1. The lowest BCUT2D eigenvalue weighted by molar-refractivity contribution is -0.138. The van der Waals surface area contributed by atoms with Crippen LogP contribution in [0.4, 0.5) is 5.69 Å². The van der Waals surface area contributed by atoms with Gasteiger partial charge >= 0.3 is 5.97 Å². The molecule has 5 nitrogen and oxygen atoms in total. The van der Waals surface area contributed by atoms with Crippen molar-refractivity contribution in [3.05, 3.63) is 18.2 Å². The maximum Gasteiger partial charge on any atom is 0.329 e. The van der Waals surface area contributed by atoms with E-state index < -0.39 is 5.97 Å². The van der Waals surface area contributed by atoms with Gasteiger partial charge in [0, 0.05) is 25.1 Å². The van der Waals surface area contributed by atoms with Crippen LogP contribution < -0.4 is 5.48 Å². The lowest BCUT2D eigenvalue weighted by atomic mass is 10.3. The Morgan fingerprint density at radius 1 is 1.31 bits per heavy atom. The van der Waals surface area contributed by atoms with Crippen molar-refractivity contribution in [2.75, 3.05) is 5.48 Å². The molecule has 0 heterocycles. The smallest absolute Gasteiger partial charge is 0.329 e. The Morgan fingerprint density at radius 2 is 1.85 bits per heavy atom. The van der Waals surface area contributed by atoms with Crippen molar-refractivity contribution < 1.29 is 19.8 Å². The molecule has 0 bridgehead atoms. The van der Waals surface area contributed by atoms with Crippen molar-refractivity contribution in [1.29, 1.82) is 0 Å². The van der Waals surface area contributed by atoms with Crippen LogP contribution >= 0.6 is 0 Å². The molecule has 0 amide bonds. The number of carbonyl (C=O) groups excluding carboxylic acids is 1. The van der Waals surface area contributed by atoms with E-state index in [-0.39, 0.29) is 11.5 Å². The van der Waals surface area contributed by atoms with Crippen LogP contribution in [0.3, 0.4) is 0 Å². The summed E-state index contributed by atoms with van der Waals surface area (Å²) in [6, 6.07) is 3.78. The van der Waals surface area contributed by atoms with Gasteiger partial charge in [-0.1, -0.05) is 0 Å². The number of aromatic hydroxyl groups is 2. The standard InChI is InChI=1S/C8H9NO4/c1-5(10)13-9-6-2-7(11)4-8(12)3-6/h2-4,9,11-12H,1H3. The minimum absolute atomic E-state index is 0.116. The Bertz CT molecular complexity index is 304. The molecule has 0 saturated carbocycles. The Balaban J connectivity index is 2.71. The molecule has 0 radical (unpaired) electrons. The third-order valence-electron chi connectivity index (χ3n) is 1.22. The van der Waals surface area contributed by atoms with E-state index >= 15 is 0 Å². The molecule has 0 aliphatic rings. The van der Waals surface area contributed by atoms with E-state index in [1.54, 1.807) is 0 Å². The largest absolute Gasteiger partial charge is 0.508 e. The molecule has 3 N–H and O–H groups in total. The molecule has 0 atom stereocenters. The van der Waals surface area contributed by atoms with Crippen LogP contribution in [-0.4, -0.2) is 16.2 Å². The molecule has 70 valence electrons. The van der Waals surface area contributed by atoms with E-state index in [2.05, 4.69) is 10.3 Å². The summed E-state index contributed by atoms with van der Waals surface area (Å²) in [4.78, 5) is 14.8. The Kier molecular flexibility index (Phi) is 2.59. The van der Waals surface area contributed by atoms with Gasteiger partial charge in [0.15, 0.2) is 0 Å². The highest BCUT2D eigenvalue weighted by molar-refractivity contribution is 5.67. The highest BCUT2D eigenvalue weighted by Crippen LogP contribution is 2.23. The molecule has 5 heteroatoms. The second-order valence-electron chi connectivity index (χ2n) is 2.43. The molecular formula is C8H9NO4. The van der Waals surface area contributed by atoms with E-state index in [9.17, 15) is 4.79 Å². The van der Waals surface area contributed by atoms with Crippen molar-refractivity contribution in [1.82, 2.24) is 0 Å². The Morgan fingerprint density at radius 3 is 2.31 bits per heavy atom. The Hall–Kier alpha value is -1.91. The first-order valence-corrected chi connectivity index (χ1v) is 3.54. The fraction of sp³-hybridized carbons (Fsp3) is 0.125. The first kappa shape index (κ1) is 9.18. The Labute approximate surface area is 74.5 Å². The summed E-state index contributed by atoms with van der Waals surface area (Å²) < 4.78 is 0. The highest BCUT2D eigenvalue weighted by atomic mass is 16.7. The third kappa shape index (κ3) is 2.90. The lowest BCUT2D eigenvalue weighted by Crippen LogP contribution is -2.05. The van der Waals surface area contributed by atoms with Gasteiger partial charge in [0.05, 0.1) is 5.69 Å². The van der Waals surface area contributed by atoms with E-state index in [1.807, 2.05) is 0 Å². The van der Waals surface area contributed by atoms with Gasteiger partial charge < -0.3 is 15.1 Å². The van der Waals surface area contributed by atoms with Gasteiger partial charge in [0.25, 0.3) is 0 Å². The van der Waals surface area contributed by atoms with Crippen LogP contribution in [0.25, 0.3) is 0 Å². The number of benzene rings is 1.